The number of hydrogen-bond donors (Lipinski definition) is 3. The number of carbonyl (C=O) groups is 2. The Kier molecular flexibility index (Phi) is 4.90. The Labute approximate surface area is 145 Å². The zero-order valence-corrected chi connectivity index (χ0v) is 14.8. The molecule has 3 saturated heterocycles. The van der Waals surface area contributed by atoms with Crippen LogP contribution in [0.1, 0.15) is 19.3 Å². The van der Waals surface area contributed by atoms with Gasteiger partial charge in [-0.25, -0.2) is 10.3 Å². The first kappa shape index (κ1) is 18.3. The number of nitrogens with two attached hydrogens (primary N) is 1. The Morgan fingerprint density at radius 3 is 2.88 bits per heavy atom. The fraction of sp³-hybridized carbons (Fsp3) is 0.846. The highest BCUT2D eigenvalue weighted by molar-refractivity contribution is 7.85. The normalized spacial score (nSPS) is 32.3. The topological polar surface area (TPSA) is 143 Å². The summed E-state index contributed by atoms with van der Waals surface area (Å²) in [4.78, 5) is 31.2. The third kappa shape index (κ3) is 4.03. The lowest BCUT2D eigenvalue weighted by Crippen LogP contribution is -2.52. The molecule has 25 heavy (non-hydrogen) atoms. The summed E-state index contributed by atoms with van der Waals surface area (Å²) >= 11 is 0. The van der Waals surface area contributed by atoms with Crippen molar-refractivity contribution in [1.29, 1.82) is 0 Å². The third-order valence-corrected chi connectivity index (χ3v) is 5.08. The van der Waals surface area contributed by atoms with Crippen molar-refractivity contribution in [2.75, 3.05) is 32.5 Å². The first-order chi connectivity index (χ1) is 11.7. The smallest absolute Gasteiger partial charge is 0.322 e. The molecule has 3 heterocycles. The van der Waals surface area contributed by atoms with E-state index in [-0.39, 0.29) is 19.2 Å². The second-order valence-corrected chi connectivity index (χ2v) is 8.39. The fourth-order valence-electron chi connectivity index (χ4n) is 3.35. The molecule has 3 atom stereocenters. The molecule has 0 saturated carbocycles. The average molecular weight is 377 g/mol. The number of nitrogens with zero attached hydrogens (tertiary/aromatic N) is 2. The van der Waals surface area contributed by atoms with E-state index in [1.165, 1.54) is 4.90 Å². The Morgan fingerprint density at radius 1 is 1.48 bits per heavy atom. The van der Waals surface area contributed by atoms with Crippen molar-refractivity contribution in [3.63, 3.8) is 0 Å². The fourth-order valence-corrected chi connectivity index (χ4v) is 3.83. The second kappa shape index (κ2) is 6.68. The van der Waals surface area contributed by atoms with E-state index in [2.05, 4.69) is 10.8 Å². The van der Waals surface area contributed by atoms with Gasteiger partial charge in [-0.05, 0) is 25.8 Å². The van der Waals surface area contributed by atoms with Crippen molar-refractivity contribution in [3.05, 3.63) is 0 Å². The SMILES string of the molecule is CS(=O)(=O)ON1C(=O)N2C[C@H]1CC[C@H]2C(=O)NOCC1(N)CCNC1. The third-order valence-electron chi connectivity index (χ3n) is 4.65. The standard InChI is InChI=1S/C13H23N5O6S/c1-25(21,22)24-18-9-2-3-10(17(6-9)12(18)20)11(19)16-23-8-13(14)4-5-15-7-13/h9-10,15H,2-8,14H2,1H3,(H,16,19)/t9-,10+,13?/m1/s1. The molecule has 3 fully saturated rings. The quantitative estimate of drug-likeness (QED) is 0.446. The number of piperidine rings is 1. The molecule has 0 aromatic heterocycles. The van der Waals surface area contributed by atoms with Gasteiger partial charge in [-0.15, -0.1) is 4.28 Å². The van der Waals surface area contributed by atoms with Gasteiger partial charge in [0.15, 0.2) is 0 Å². The van der Waals surface area contributed by atoms with Crippen molar-refractivity contribution >= 4 is 22.1 Å². The van der Waals surface area contributed by atoms with Crippen LogP contribution in [0.15, 0.2) is 0 Å². The van der Waals surface area contributed by atoms with E-state index in [1.807, 2.05) is 0 Å². The molecule has 12 heteroatoms. The van der Waals surface area contributed by atoms with E-state index in [0.717, 1.165) is 24.3 Å². The Balaban J connectivity index is 1.55. The van der Waals surface area contributed by atoms with E-state index in [0.29, 0.717) is 19.4 Å². The van der Waals surface area contributed by atoms with E-state index in [1.54, 1.807) is 0 Å². The number of hydroxylamine groups is 3. The van der Waals surface area contributed by atoms with Crippen LogP contribution in [0.2, 0.25) is 0 Å². The molecule has 3 amide bonds. The van der Waals surface area contributed by atoms with Gasteiger partial charge in [-0.1, -0.05) is 0 Å². The van der Waals surface area contributed by atoms with Crippen LogP contribution in [-0.2, 0) is 24.0 Å². The Morgan fingerprint density at radius 2 is 2.24 bits per heavy atom. The van der Waals surface area contributed by atoms with Gasteiger partial charge in [-0.3, -0.25) is 9.63 Å². The molecule has 3 aliphatic rings. The summed E-state index contributed by atoms with van der Waals surface area (Å²) < 4.78 is 27.3. The molecule has 0 radical (unpaired) electrons. The number of fused-ring (bicyclic) bond motifs is 2. The van der Waals surface area contributed by atoms with Crippen LogP contribution < -0.4 is 16.5 Å². The molecule has 0 spiro atoms. The van der Waals surface area contributed by atoms with Crippen LogP contribution >= 0.6 is 0 Å². The number of urea groups is 1. The molecule has 0 aromatic carbocycles. The summed E-state index contributed by atoms with van der Waals surface area (Å²) in [5.74, 6) is -0.456. The number of rotatable bonds is 6. The van der Waals surface area contributed by atoms with Gasteiger partial charge in [0.1, 0.15) is 6.04 Å². The Hall–Kier alpha value is -1.47. The minimum atomic E-state index is -3.81. The van der Waals surface area contributed by atoms with Gasteiger partial charge in [0.25, 0.3) is 16.0 Å². The zero-order chi connectivity index (χ0) is 18.2. The van der Waals surface area contributed by atoms with Gasteiger partial charge in [-0.2, -0.15) is 13.5 Å². The van der Waals surface area contributed by atoms with E-state index in [9.17, 15) is 18.0 Å². The van der Waals surface area contributed by atoms with E-state index < -0.39 is 33.6 Å². The first-order valence-electron chi connectivity index (χ1n) is 8.09. The lowest BCUT2D eigenvalue weighted by atomic mass is 10.0. The molecular formula is C13H23N5O6S. The molecule has 1 unspecified atom stereocenters. The highest BCUT2D eigenvalue weighted by Gasteiger charge is 2.49. The van der Waals surface area contributed by atoms with Crippen LogP contribution in [0.25, 0.3) is 0 Å². The van der Waals surface area contributed by atoms with Gasteiger partial charge in [0, 0.05) is 13.1 Å². The predicted octanol–water partition coefficient (Wildman–Crippen LogP) is -2.12. The van der Waals surface area contributed by atoms with E-state index >= 15 is 0 Å². The van der Waals surface area contributed by atoms with E-state index in [4.69, 9.17) is 14.9 Å². The largest absolute Gasteiger partial charge is 0.346 e. The Bertz CT molecular complexity index is 649. The van der Waals surface area contributed by atoms with Crippen LogP contribution in [0.5, 0.6) is 0 Å². The summed E-state index contributed by atoms with van der Waals surface area (Å²) in [5, 5.41) is 3.96. The van der Waals surface area contributed by atoms with Crippen molar-refractivity contribution in [2.24, 2.45) is 5.73 Å². The van der Waals surface area contributed by atoms with Crippen LogP contribution in [0.3, 0.4) is 0 Å². The predicted molar refractivity (Wildman–Crippen MR) is 85.2 cm³/mol. The molecule has 3 rings (SSSR count). The summed E-state index contributed by atoms with van der Waals surface area (Å²) in [6, 6.07) is -1.75. The van der Waals surface area contributed by atoms with Crippen LogP contribution in [-0.4, -0.2) is 80.4 Å². The van der Waals surface area contributed by atoms with Gasteiger partial charge in [0.05, 0.1) is 24.4 Å². The van der Waals surface area contributed by atoms with Crippen molar-refractivity contribution < 1.29 is 27.1 Å². The molecule has 3 aliphatic heterocycles. The lowest BCUT2D eigenvalue weighted by molar-refractivity contribution is -0.140. The van der Waals surface area contributed by atoms with Crippen molar-refractivity contribution in [1.82, 2.24) is 20.8 Å². The molecular weight excluding hydrogens is 354 g/mol. The number of hydrogen-bond acceptors (Lipinski definition) is 8. The first-order valence-corrected chi connectivity index (χ1v) is 9.91. The van der Waals surface area contributed by atoms with Gasteiger partial charge < -0.3 is 16.0 Å². The maximum atomic E-state index is 12.3. The maximum absolute atomic E-state index is 12.3. The minimum Gasteiger partial charge on any atom is -0.322 e. The van der Waals surface area contributed by atoms with Gasteiger partial charge in [0.2, 0.25) is 0 Å². The second-order valence-electron chi connectivity index (χ2n) is 6.83. The molecule has 4 N–H and O–H groups in total. The summed E-state index contributed by atoms with van der Waals surface area (Å²) in [6.45, 7) is 1.81. The summed E-state index contributed by atoms with van der Waals surface area (Å²) in [5.41, 5.74) is 7.93. The molecule has 0 aliphatic carbocycles. The summed E-state index contributed by atoms with van der Waals surface area (Å²) in [6.07, 6.45) is 2.47. The maximum Gasteiger partial charge on any atom is 0.346 e. The van der Waals surface area contributed by atoms with Gasteiger partial charge >= 0.3 is 6.03 Å². The van der Waals surface area contributed by atoms with Crippen molar-refractivity contribution in [2.45, 2.75) is 36.9 Å². The monoisotopic (exact) mass is 377 g/mol. The van der Waals surface area contributed by atoms with Crippen LogP contribution in [0, 0.1) is 0 Å². The highest BCUT2D eigenvalue weighted by atomic mass is 32.2. The number of carbonyl (C=O) groups excluding carboxylic acids is 2. The zero-order valence-electron chi connectivity index (χ0n) is 13.9. The molecule has 11 nitrogen and oxygen atoms in total. The van der Waals surface area contributed by atoms with Crippen LogP contribution in [0.4, 0.5) is 4.79 Å². The molecule has 0 aromatic rings. The average Bonchev–Trinajstić information content (AvgIpc) is 3.05. The van der Waals surface area contributed by atoms with Crippen molar-refractivity contribution in [3.8, 4) is 0 Å². The molecule has 2 bridgehead atoms. The summed E-state index contributed by atoms with van der Waals surface area (Å²) in [7, 11) is -3.81. The molecule has 142 valence electrons. The number of nitrogens with one attached hydrogen (secondary N) is 2. The lowest BCUT2D eigenvalue weighted by Gasteiger charge is -2.29. The minimum absolute atomic E-state index is 0.165. The highest BCUT2D eigenvalue weighted by Crippen LogP contribution is 2.30. The number of amides is 3.